The van der Waals surface area contributed by atoms with E-state index in [1.54, 1.807) is 33.3 Å². The van der Waals surface area contributed by atoms with Crippen LogP contribution in [0.5, 0.6) is 0 Å². The van der Waals surface area contributed by atoms with Crippen molar-refractivity contribution in [3.8, 4) is 11.1 Å². The zero-order chi connectivity index (χ0) is 28.4. The van der Waals surface area contributed by atoms with E-state index in [0.717, 1.165) is 12.2 Å². The molecule has 0 spiro atoms. The SMILES string of the molecule is CNc1ncc2cc(-c3cc(NC(=O)Nc4cc(C(C)C)n(CCN(C)C)n4)c(F)cc3C)c(=O)n(C)c2n1. The second-order valence-electron chi connectivity index (χ2n) is 10.0. The zero-order valence-electron chi connectivity index (χ0n) is 23.3. The number of aromatic nitrogens is 5. The van der Waals surface area contributed by atoms with Gasteiger partial charge in [-0.3, -0.25) is 19.4 Å². The average molecular weight is 536 g/mol. The number of anilines is 3. The molecule has 0 fully saturated rings. The zero-order valence-corrected chi connectivity index (χ0v) is 23.3. The van der Waals surface area contributed by atoms with Crippen LogP contribution in [0, 0.1) is 12.7 Å². The molecule has 0 unspecified atom stereocenters. The molecule has 2 amide bonds. The Bertz CT molecular complexity index is 1590. The molecule has 3 heterocycles. The third-order valence-corrected chi connectivity index (χ3v) is 6.43. The number of nitrogens with one attached hydrogen (secondary N) is 3. The number of hydrogen-bond acceptors (Lipinski definition) is 7. The largest absolute Gasteiger partial charge is 0.357 e. The number of nitrogens with zero attached hydrogens (tertiary/aromatic N) is 6. The van der Waals surface area contributed by atoms with Crippen molar-refractivity contribution in [1.29, 1.82) is 0 Å². The van der Waals surface area contributed by atoms with Crippen molar-refractivity contribution in [3.05, 3.63) is 57.9 Å². The lowest BCUT2D eigenvalue weighted by Gasteiger charge is -2.14. The van der Waals surface area contributed by atoms with Crippen LogP contribution in [0.3, 0.4) is 0 Å². The van der Waals surface area contributed by atoms with Gasteiger partial charge in [0.1, 0.15) is 11.5 Å². The van der Waals surface area contributed by atoms with Gasteiger partial charge in [0.2, 0.25) is 5.95 Å². The number of carbonyl (C=O) groups excluding carboxylic acids is 1. The first-order valence-electron chi connectivity index (χ1n) is 12.6. The topological polar surface area (TPSA) is 122 Å². The average Bonchev–Trinajstić information content (AvgIpc) is 3.29. The van der Waals surface area contributed by atoms with Gasteiger partial charge in [0.05, 0.1) is 12.2 Å². The summed E-state index contributed by atoms with van der Waals surface area (Å²) in [5.74, 6) is 0.344. The Labute approximate surface area is 226 Å². The van der Waals surface area contributed by atoms with Crippen LogP contribution in [0.2, 0.25) is 0 Å². The molecule has 206 valence electrons. The van der Waals surface area contributed by atoms with E-state index in [9.17, 15) is 14.0 Å². The Morgan fingerprint density at radius 2 is 1.87 bits per heavy atom. The lowest BCUT2D eigenvalue weighted by Crippen LogP contribution is -2.22. The lowest BCUT2D eigenvalue weighted by atomic mass is 9.99. The minimum absolute atomic E-state index is 0.0619. The van der Waals surface area contributed by atoms with Gasteiger partial charge in [-0.15, -0.1) is 0 Å². The maximum atomic E-state index is 14.9. The fraction of sp³-hybridized carbons (Fsp3) is 0.370. The second kappa shape index (κ2) is 11.2. The van der Waals surface area contributed by atoms with Crippen LogP contribution in [-0.2, 0) is 13.6 Å². The first kappa shape index (κ1) is 27.7. The van der Waals surface area contributed by atoms with Gasteiger partial charge in [0, 0.05) is 49.5 Å². The van der Waals surface area contributed by atoms with Gasteiger partial charge in [0.25, 0.3) is 5.56 Å². The van der Waals surface area contributed by atoms with Crippen molar-refractivity contribution >= 4 is 34.5 Å². The molecule has 0 saturated carbocycles. The molecule has 12 heteroatoms. The maximum Gasteiger partial charge on any atom is 0.324 e. The number of hydrogen-bond donors (Lipinski definition) is 3. The van der Waals surface area contributed by atoms with Crippen LogP contribution >= 0.6 is 0 Å². The monoisotopic (exact) mass is 535 g/mol. The highest BCUT2D eigenvalue weighted by atomic mass is 19.1. The second-order valence-corrected chi connectivity index (χ2v) is 10.0. The van der Waals surface area contributed by atoms with Crippen molar-refractivity contribution in [2.45, 2.75) is 33.2 Å². The number of halogens is 1. The molecular formula is C27H34FN9O2. The molecule has 0 aliphatic carbocycles. The molecule has 3 N–H and O–H groups in total. The number of likely N-dealkylation sites (N-methyl/N-ethyl adjacent to an activating group) is 1. The number of fused-ring (bicyclic) bond motifs is 1. The summed E-state index contributed by atoms with van der Waals surface area (Å²) in [6, 6.07) is 5.61. The van der Waals surface area contributed by atoms with Gasteiger partial charge >= 0.3 is 6.03 Å². The Hall–Kier alpha value is -4.32. The van der Waals surface area contributed by atoms with Gasteiger partial charge < -0.3 is 15.5 Å². The quantitative estimate of drug-likeness (QED) is 0.312. The van der Waals surface area contributed by atoms with Crippen molar-refractivity contribution in [1.82, 2.24) is 29.2 Å². The van der Waals surface area contributed by atoms with Crippen LogP contribution in [-0.4, -0.2) is 62.9 Å². The van der Waals surface area contributed by atoms with Gasteiger partial charge in [-0.1, -0.05) is 13.8 Å². The summed E-state index contributed by atoms with van der Waals surface area (Å²) in [5.41, 5.74) is 2.45. The van der Waals surface area contributed by atoms with Crippen LogP contribution in [0.25, 0.3) is 22.2 Å². The van der Waals surface area contributed by atoms with E-state index in [0.29, 0.717) is 46.0 Å². The first-order chi connectivity index (χ1) is 18.5. The summed E-state index contributed by atoms with van der Waals surface area (Å²) in [6.45, 7) is 7.28. The normalized spacial score (nSPS) is 11.4. The van der Waals surface area contributed by atoms with Crippen molar-refractivity contribution in [2.75, 3.05) is 43.6 Å². The number of rotatable bonds is 8. The summed E-state index contributed by atoms with van der Waals surface area (Å²) in [7, 11) is 7.28. The standard InChI is InChI=1S/C27H34FN9O2/c1-15(2)22-13-23(34-37(22)9-8-35(5)6)32-27(39)31-21-12-18(16(3)10-20(21)28)19-11-17-14-30-26(29-4)33-24(17)36(7)25(19)38/h10-15H,8-9H2,1-7H3,(H,29,30,33)(H2,31,32,34,39). The smallest absolute Gasteiger partial charge is 0.324 e. The molecule has 0 bridgehead atoms. The van der Waals surface area contributed by atoms with E-state index in [4.69, 9.17) is 0 Å². The van der Waals surface area contributed by atoms with E-state index in [2.05, 4.69) is 49.8 Å². The molecule has 4 rings (SSSR count). The Morgan fingerprint density at radius 1 is 1.13 bits per heavy atom. The van der Waals surface area contributed by atoms with E-state index < -0.39 is 11.8 Å². The third kappa shape index (κ3) is 5.90. The number of pyridine rings is 1. The summed E-state index contributed by atoms with van der Waals surface area (Å²) in [6.07, 6.45) is 1.62. The number of aryl methyl sites for hydroxylation is 2. The molecular weight excluding hydrogens is 501 g/mol. The minimum atomic E-state index is -0.643. The van der Waals surface area contributed by atoms with E-state index in [1.165, 1.54) is 16.7 Å². The Morgan fingerprint density at radius 3 is 2.54 bits per heavy atom. The van der Waals surface area contributed by atoms with Gasteiger partial charge in [0.15, 0.2) is 5.82 Å². The molecule has 39 heavy (non-hydrogen) atoms. The molecule has 1 aromatic carbocycles. The maximum absolute atomic E-state index is 14.9. The number of carbonyl (C=O) groups is 1. The highest BCUT2D eigenvalue weighted by molar-refractivity contribution is 6.00. The number of amides is 2. The Balaban J connectivity index is 1.63. The van der Waals surface area contributed by atoms with Gasteiger partial charge in [-0.2, -0.15) is 10.1 Å². The molecule has 0 atom stereocenters. The molecule has 0 aliphatic heterocycles. The molecule has 0 saturated heterocycles. The number of benzene rings is 1. The molecule has 11 nitrogen and oxygen atoms in total. The predicted octanol–water partition coefficient (Wildman–Crippen LogP) is 4.01. The summed E-state index contributed by atoms with van der Waals surface area (Å²) >= 11 is 0. The summed E-state index contributed by atoms with van der Waals surface area (Å²) < 4.78 is 18.2. The highest BCUT2D eigenvalue weighted by Crippen LogP contribution is 2.29. The summed E-state index contributed by atoms with van der Waals surface area (Å²) in [5, 5.41) is 13.3. The lowest BCUT2D eigenvalue weighted by molar-refractivity contribution is 0.262. The van der Waals surface area contributed by atoms with E-state index in [1.807, 2.05) is 24.8 Å². The molecule has 3 aromatic heterocycles. The van der Waals surface area contributed by atoms with Crippen LogP contribution < -0.4 is 21.5 Å². The van der Waals surface area contributed by atoms with Crippen LogP contribution in [0.1, 0.15) is 31.0 Å². The fourth-order valence-corrected chi connectivity index (χ4v) is 4.32. The fourth-order valence-electron chi connectivity index (χ4n) is 4.32. The van der Waals surface area contributed by atoms with Crippen molar-refractivity contribution in [2.24, 2.45) is 7.05 Å². The predicted molar refractivity (Wildman–Crippen MR) is 152 cm³/mol. The van der Waals surface area contributed by atoms with E-state index in [-0.39, 0.29) is 17.2 Å². The van der Waals surface area contributed by atoms with Gasteiger partial charge in [-0.25, -0.2) is 14.2 Å². The number of urea groups is 1. The van der Waals surface area contributed by atoms with Crippen molar-refractivity contribution < 1.29 is 9.18 Å². The Kier molecular flexibility index (Phi) is 7.95. The van der Waals surface area contributed by atoms with Crippen molar-refractivity contribution in [3.63, 3.8) is 0 Å². The van der Waals surface area contributed by atoms with Gasteiger partial charge in [-0.05, 0) is 56.3 Å². The van der Waals surface area contributed by atoms with E-state index >= 15 is 0 Å². The summed E-state index contributed by atoms with van der Waals surface area (Å²) in [4.78, 5) is 36.8. The molecule has 0 aliphatic rings. The minimum Gasteiger partial charge on any atom is -0.357 e. The molecule has 4 aromatic rings. The third-order valence-electron chi connectivity index (χ3n) is 6.43. The van der Waals surface area contributed by atoms with Crippen LogP contribution in [0.4, 0.5) is 26.6 Å². The molecule has 0 radical (unpaired) electrons. The first-order valence-corrected chi connectivity index (χ1v) is 12.6. The van der Waals surface area contributed by atoms with Crippen LogP contribution in [0.15, 0.2) is 35.3 Å². The highest BCUT2D eigenvalue weighted by Gasteiger charge is 2.18.